The molecule has 1 fully saturated rings. The van der Waals surface area contributed by atoms with Gasteiger partial charge in [-0.25, -0.2) is 0 Å². The molecule has 2 heterocycles. The third-order valence-electron chi connectivity index (χ3n) is 7.35. The zero-order valence-corrected chi connectivity index (χ0v) is 22.1. The number of nitrogens with one attached hydrogen (secondary N) is 1. The van der Waals surface area contributed by atoms with Crippen molar-refractivity contribution in [2.75, 3.05) is 0 Å². The monoisotopic (exact) mass is 522 g/mol. The van der Waals surface area contributed by atoms with E-state index in [1.807, 2.05) is 60.7 Å². The van der Waals surface area contributed by atoms with Crippen LogP contribution >= 0.6 is 23.2 Å². The van der Waals surface area contributed by atoms with Crippen molar-refractivity contribution in [3.05, 3.63) is 107 Å². The number of nitrogens with zero attached hydrogens (tertiary/aromatic N) is 1. The summed E-state index contributed by atoms with van der Waals surface area (Å²) in [6, 6.07) is 19.4. The van der Waals surface area contributed by atoms with E-state index in [1.54, 1.807) is 12.4 Å². The lowest BCUT2D eigenvalue weighted by Crippen LogP contribution is -2.53. The van der Waals surface area contributed by atoms with Gasteiger partial charge in [0.2, 0.25) is 5.91 Å². The third kappa shape index (κ3) is 6.11. The van der Waals surface area contributed by atoms with E-state index in [2.05, 4.69) is 36.8 Å². The summed E-state index contributed by atoms with van der Waals surface area (Å²) < 4.78 is 6.51. The fourth-order valence-electron chi connectivity index (χ4n) is 5.22. The minimum absolute atomic E-state index is 0.0503. The van der Waals surface area contributed by atoms with Crippen LogP contribution in [0.3, 0.4) is 0 Å². The van der Waals surface area contributed by atoms with Crippen LogP contribution in [-0.4, -0.2) is 16.9 Å². The van der Waals surface area contributed by atoms with Gasteiger partial charge in [0, 0.05) is 40.0 Å². The quantitative estimate of drug-likeness (QED) is 0.293. The molecule has 3 aromatic rings. The first-order valence-electron chi connectivity index (χ1n) is 12.4. The number of pyridine rings is 1. The molecule has 6 atom stereocenters. The molecular formula is C30H32Cl2N2O2. The van der Waals surface area contributed by atoms with Crippen LogP contribution in [0.2, 0.25) is 10.0 Å². The van der Waals surface area contributed by atoms with Crippen LogP contribution in [0.4, 0.5) is 0 Å². The van der Waals surface area contributed by atoms with Gasteiger partial charge in [0.1, 0.15) is 11.9 Å². The largest absolute Gasteiger partial charge is 0.484 e. The molecule has 0 bridgehead atoms. The molecule has 4 rings (SSSR count). The molecule has 6 heteroatoms. The van der Waals surface area contributed by atoms with Crippen molar-refractivity contribution in [1.82, 2.24) is 10.3 Å². The Bertz CT molecular complexity index is 1170. The van der Waals surface area contributed by atoms with E-state index in [9.17, 15) is 4.79 Å². The van der Waals surface area contributed by atoms with Crippen LogP contribution in [0, 0.1) is 17.8 Å². The van der Waals surface area contributed by atoms with Crippen molar-refractivity contribution in [3.63, 3.8) is 0 Å². The van der Waals surface area contributed by atoms with Gasteiger partial charge in [-0.05, 0) is 66.3 Å². The summed E-state index contributed by atoms with van der Waals surface area (Å²) in [5.74, 6) is 0.918. The molecule has 1 saturated heterocycles. The highest BCUT2D eigenvalue weighted by Crippen LogP contribution is 2.42. The zero-order chi connectivity index (χ0) is 25.7. The number of halogens is 2. The summed E-state index contributed by atoms with van der Waals surface area (Å²) in [6.07, 6.45) is 6.40. The first-order valence-corrected chi connectivity index (χ1v) is 13.1. The number of benzene rings is 2. The molecule has 1 aliphatic heterocycles. The topological polar surface area (TPSA) is 51.2 Å². The van der Waals surface area contributed by atoms with E-state index in [4.69, 9.17) is 27.9 Å². The molecule has 188 valence electrons. The maximum Gasteiger partial charge on any atom is 0.223 e. The Kier molecular flexibility index (Phi) is 8.71. The van der Waals surface area contributed by atoms with E-state index < -0.39 is 0 Å². The van der Waals surface area contributed by atoms with Crippen LogP contribution < -0.4 is 10.1 Å². The van der Waals surface area contributed by atoms with Gasteiger partial charge in [-0.2, -0.15) is 0 Å². The van der Waals surface area contributed by atoms with Gasteiger partial charge in [-0.1, -0.05) is 67.4 Å². The van der Waals surface area contributed by atoms with Crippen molar-refractivity contribution in [2.45, 2.75) is 44.8 Å². The van der Waals surface area contributed by atoms with E-state index in [1.165, 1.54) is 0 Å². The summed E-state index contributed by atoms with van der Waals surface area (Å²) in [6.45, 7) is 8.22. The Balaban J connectivity index is 1.67. The SMILES string of the molecule is C=CCC1CC(c2cccc(Cl)c2)C(C(C)C(C)C(Oc2cccnc2)c2ccc(Cl)cc2)NC1=O. The molecule has 0 radical (unpaired) electrons. The first-order chi connectivity index (χ1) is 17.4. The second-order valence-corrected chi connectivity index (χ2v) is 10.5. The standard InChI is InChI=1S/C30H32Cl2N2O2/c1-4-7-23-17-27(22-8-5-9-25(32)16-22)28(34-30(23)35)19(2)20(3)29(21-11-13-24(31)14-12-21)36-26-10-6-15-33-18-26/h4-6,8-16,18-20,23,27-29H,1,7,17H2,2-3H3,(H,34,35). The van der Waals surface area contributed by atoms with E-state index in [0.717, 1.165) is 17.5 Å². The highest BCUT2D eigenvalue weighted by molar-refractivity contribution is 6.30. The smallest absolute Gasteiger partial charge is 0.223 e. The van der Waals surface area contributed by atoms with Crippen LogP contribution in [0.25, 0.3) is 0 Å². The number of aromatic nitrogens is 1. The number of hydrogen-bond acceptors (Lipinski definition) is 3. The Morgan fingerprint density at radius 3 is 2.56 bits per heavy atom. The lowest BCUT2D eigenvalue weighted by atomic mass is 9.70. The average Bonchev–Trinajstić information content (AvgIpc) is 2.89. The lowest BCUT2D eigenvalue weighted by Gasteiger charge is -2.43. The number of piperidine rings is 1. The van der Waals surface area contributed by atoms with E-state index in [-0.39, 0.29) is 41.7 Å². The predicted octanol–water partition coefficient (Wildman–Crippen LogP) is 7.65. The van der Waals surface area contributed by atoms with Gasteiger partial charge in [-0.3, -0.25) is 9.78 Å². The van der Waals surface area contributed by atoms with Gasteiger partial charge < -0.3 is 10.1 Å². The lowest BCUT2D eigenvalue weighted by molar-refractivity contribution is -0.129. The second kappa shape index (κ2) is 11.9. The Morgan fingerprint density at radius 2 is 1.89 bits per heavy atom. The number of hydrogen-bond donors (Lipinski definition) is 1. The number of carbonyl (C=O) groups is 1. The molecule has 1 amide bonds. The molecule has 0 saturated carbocycles. The number of allylic oxidation sites excluding steroid dienone is 1. The van der Waals surface area contributed by atoms with Gasteiger partial charge in [-0.15, -0.1) is 6.58 Å². The van der Waals surface area contributed by atoms with Crippen LogP contribution in [0.5, 0.6) is 5.75 Å². The molecular weight excluding hydrogens is 491 g/mol. The fourth-order valence-corrected chi connectivity index (χ4v) is 5.55. The normalized spacial score (nSPS) is 22.2. The molecule has 4 nitrogen and oxygen atoms in total. The Labute approximate surface area is 223 Å². The maximum atomic E-state index is 13.1. The summed E-state index contributed by atoms with van der Waals surface area (Å²) in [7, 11) is 0. The molecule has 1 N–H and O–H groups in total. The Hall–Kier alpha value is -2.82. The van der Waals surface area contributed by atoms with E-state index in [0.29, 0.717) is 22.2 Å². The summed E-state index contributed by atoms with van der Waals surface area (Å²) in [4.78, 5) is 17.3. The highest BCUT2D eigenvalue weighted by Gasteiger charge is 2.42. The fraction of sp³-hybridized carbons (Fsp3) is 0.333. The van der Waals surface area contributed by atoms with Crippen LogP contribution in [-0.2, 0) is 4.79 Å². The average molecular weight is 524 g/mol. The van der Waals surface area contributed by atoms with Gasteiger partial charge in [0.15, 0.2) is 0 Å². The highest BCUT2D eigenvalue weighted by atomic mass is 35.5. The minimum Gasteiger partial charge on any atom is -0.484 e. The summed E-state index contributed by atoms with van der Waals surface area (Å²) >= 11 is 12.6. The zero-order valence-electron chi connectivity index (χ0n) is 20.6. The van der Waals surface area contributed by atoms with E-state index >= 15 is 0 Å². The molecule has 0 aliphatic carbocycles. The van der Waals surface area contributed by atoms with Gasteiger partial charge in [0.25, 0.3) is 0 Å². The molecule has 2 aromatic carbocycles. The number of carbonyl (C=O) groups excluding carboxylic acids is 1. The first kappa shape index (κ1) is 26.2. The van der Waals surface area contributed by atoms with Crippen molar-refractivity contribution < 1.29 is 9.53 Å². The van der Waals surface area contributed by atoms with Crippen molar-refractivity contribution in [2.24, 2.45) is 17.8 Å². The molecule has 1 aliphatic rings. The number of rotatable bonds is 9. The van der Waals surface area contributed by atoms with Crippen molar-refractivity contribution in [3.8, 4) is 5.75 Å². The minimum atomic E-state index is -0.260. The van der Waals surface area contributed by atoms with Gasteiger partial charge in [0.05, 0.1) is 6.20 Å². The molecule has 0 spiro atoms. The third-order valence-corrected chi connectivity index (χ3v) is 7.84. The Morgan fingerprint density at radius 1 is 1.11 bits per heavy atom. The van der Waals surface area contributed by atoms with Crippen molar-refractivity contribution in [1.29, 1.82) is 0 Å². The van der Waals surface area contributed by atoms with Crippen LogP contribution in [0.1, 0.15) is 49.8 Å². The van der Waals surface area contributed by atoms with Gasteiger partial charge >= 0.3 is 0 Å². The summed E-state index contributed by atoms with van der Waals surface area (Å²) in [5.41, 5.74) is 2.16. The molecule has 6 unspecified atom stereocenters. The predicted molar refractivity (Wildman–Crippen MR) is 146 cm³/mol. The molecule has 1 aromatic heterocycles. The maximum absolute atomic E-state index is 13.1. The second-order valence-electron chi connectivity index (χ2n) is 9.65. The molecule has 36 heavy (non-hydrogen) atoms. The van der Waals surface area contributed by atoms with Crippen molar-refractivity contribution >= 4 is 29.1 Å². The number of ether oxygens (including phenoxy) is 1. The van der Waals surface area contributed by atoms with Crippen LogP contribution in [0.15, 0.2) is 85.7 Å². The summed E-state index contributed by atoms with van der Waals surface area (Å²) in [5, 5.41) is 4.73. The number of amides is 1.